The Hall–Kier alpha value is -0.400. The Morgan fingerprint density at radius 3 is 1.62 bits per heavy atom. The zero-order valence-corrected chi connectivity index (χ0v) is 37.1. The molecule has 7 rings (SSSR count). The second-order valence-corrected chi connectivity index (χ2v) is 22.0. The van der Waals surface area contributed by atoms with Crippen molar-refractivity contribution in [3.05, 3.63) is 0 Å². The van der Waals surface area contributed by atoms with Crippen molar-refractivity contribution in [3.63, 3.8) is 0 Å². The molecule has 7 fully saturated rings. The molecular weight excluding hydrogens is 695 g/mol. The Labute approximate surface area is 336 Å². The molecule has 3 saturated heterocycles. The number of likely N-dealkylation sites (tertiary alicyclic amines) is 3. The van der Waals surface area contributed by atoms with Crippen LogP contribution in [-0.2, 0) is 33.2 Å². The van der Waals surface area contributed by atoms with Gasteiger partial charge in [-0.3, -0.25) is 9.80 Å². The van der Waals surface area contributed by atoms with Crippen LogP contribution in [-0.4, -0.2) is 160 Å². The molecule has 0 radical (unpaired) electrons. The van der Waals surface area contributed by atoms with Crippen LogP contribution >= 0.6 is 0 Å². The maximum Gasteiger partial charge on any atom is 0.0830 e. The smallest absolute Gasteiger partial charge is 0.0830 e. The van der Waals surface area contributed by atoms with E-state index in [4.69, 9.17) is 33.2 Å². The maximum absolute atomic E-state index is 6.27. The molecule has 0 amide bonds. The van der Waals surface area contributed by atoms with Gasteiger partial charge in [-0.15, -0.1) is 0 Å². The summed E-state index contributed by atoms with van der Waals surface area (Å²) in [5.41, 5.74) is 1.03. The monoisotopic (exact) mass is 778 g/mol. The van der Waals surface area contributed by atoms with E-state index in [9.17, 15) is 0 Å². The van der Waals surface area contributed by atoms with E-state index in [2.05, 4.69) is 83.9 Å². The molecule has 0 atom stereocenters. The van der Waals surface area contributed by atoms with E-state index in [1.807, 2.05) is 0 Å². The van der Waals surface area contributed by atoms with Crippen LogP contribution in [0.1, 0.15) is 133 Å². The number of piperidine rings is 1. The summed E-state index contributed by atoms with van der Waals surface area (Å²) in [4.78, 5) is 7.77. The van der Waals surface area contributed by atoms with Crippen LogP contribution < -0.4 is 0 Å². The van der Waals surface area contributed by atoms with Gasteiger partial charge in [0, 0.05) is 76.7 Å². The van der Waals surface area contributed by atoms with Gasteiger partial charge in [-0.2, -0.15) is 0 Å². The van der Waals surface area contributed by atoms with E-state index < -0.39 is 0 Å². The van der Waals surface area contributed by atoms with Gasteiger partial charge in [-0.25, -0.2) is 0 Å². The molecule has 4 saturated carbocycles. The molecule has 0 unspecified atom stereocenters. The fourth-order valence-electron chi connectivity index (χ4n) is 10.7. The average Bonchev–Trinajstić information content (AvgIpc) is 2.96. The van der Waals surface area contributed by atoms with Gasteiger partial charge in [0.05, 0.1) is 68.1 Å². The Morgan fingerprint density at radius 2 is 1.04 bits per heavy atom. The van der Waals surface area contributed by atoms with Crippen molar-refractivity contribution < 1.29 is 33.2 Å². The van der Waals surface area contributed by atoms with Crippen molar-refractivity contribution in [2.75, 3.05) is 92.1 Å². The van der Waals surface area contributed by atoms with Gasteiger partial charge < -0.3 is 38.1 Å². The fraction of sp³-hybridized carbons (Fsp3) is 1.00. The van der Waals surface area contributed by atoms with E-state index in [0.29, 0.717) is 54.6 Å². The van der Waals surface area contributed by atoms with E-state index in [1.165, 1.54) is 19.3 Å². The summed E-state index contributed by atoms with van der Waals surface area (Å²) in [6.45, 7) is 35.6. The first kappa shape index (κ1) is 44.2. The van der Waals surface area contributed by atoms with Crippen LogP contribution in [0.2, 0.25) is 0 Å². The molecule has 3 aliphatic heterocycles. The zero-order valence-electron chi connectivity index (χ0n) is 37.1. The third kappa shape index (κ3) is 12.8. The quantitative estimate of drug-likeness (QED) is 0.0962. The summed E-state index contributed by atoms with van der Waals surface area (Å²) in [5, 5.41) is 0. The molecule has 10 nitrogen and oxygen atoms in total. The zero-order chi connectivity index (χ0) is 39.5. The highest BCUT2D eigenvalue weighted by Crippen LogP contribution is 2.73. The fourth-order valence-corrected chi connectivity index (χ4v) is 10.7. The highest BCUT2D eigenvalue weighted by atomic mass is 16.5. The molecule has 3 heterocycles. The van der Waals surface area contributed by atoms with Crippen molar-refractivity contribution >= 4 is 0 Å². The van der Waals surface area contributed by atoms with Crippen LogP contribution in [0.25, 0.3) is 0 Å². The minimum Gasteiger partial charge on any atom is -0.381 e. The molecule has 2 bridgehead atoms. The molecule has 7 aliphatic rings. The van der Waals surface area contributed by atoms with Crippen LogP contribution in [0.3, 0.4) is 0 Å². The first-order valence-corrected chi connectivity index (χ1v) is 22.4. The summed E-state index contributed by atoms with van der Waals surface area (Å²) < 4.78 is 43.0. The number of ether oxygens (including phenoxy) is 7. The average molecular weight is 778 g/mol. The van der Waals surface area contributed by atoms with Gasteiger partial charge in [0.1, 0.15) is 0 Å². The molecule has 320 valence electrons. The van der Waals surface area contributed by atoms with Crippen molar-refractivity contribution in [1.29, 1.82) is 0 Å². The number of hydrogen-bond donors (Lipinski definition) is 0. The summed E-state index contributed by atoms with van der Waals surface area (Å²) in [5.74, 6) is 0. The van der Waals surface area contributed by atoms with Crippen molar-refractivity contribution in [3.8, 4) is 0 Å². The lowest BCUT2D eigenvalue weighted by Gasteiger charge is -2.70. The number of nitrogens with zero attached hydrogens (tertiary/aromatic N) is 3. The summed E-state index contributed by atoms with van der Waals surface area (Å²) >= 11 is 0. The van der Waals surface area contributed by atoms with Crippen LogP contribution in [0.15, 0.2) is 0 Å². The molecule has 4 aliphatic carbocycles. The Balaban J connectivity index is 0.717. The standard InChI is InChI=1S/C45H83N3O7/c1-40(2,3)54-35-13-16-46(17-14-35)15-11-18-49-19-12-20-51-38-25-47(26-38)42(7,8)29-43(9,10)48-27-39(28-48)52-22-21-50-33-44-30-45(31-44,32-44)34-53-36-23-37(24-36)55-41(4,5)6/h35-39H,11-34H2,1-10H3. The Morgan fingerprint density at radius 1 is 0.509 bits per heavy atom. The van der Waals surface area contributed by atoms with Crippen molar-refractivity contribution in [2.45, 2.75) is 186 Å². The van der Waals surface area contributed by atoms with E-state index in [0.717, 1.165) is 124 Å². The van der Waals surface area contributed by atoms with Gasteiger partial charge in [0.15, 0.2) is 0 Å². The normalized spacial score (nSPS) is 30.4. The largest absolute Gasteiger partial charge is 0.381 e. The minimum atomic E-state index is -0.0534. The minimum absolute atomic E-state index is 0.0386. The van der Waals surface area contributed by atoms with Gasteiger partial charge in [0.25, 0.3) is 0 Å². The highest BCUT2D eigenvalue weighted by molar-refractivity contribution is 5.17. The lowest BCUT2D eigenvalue weighted by atomic mass is 9.35. The lowest BCUT2D eigenvalue weighted by molar-refractivity contribution is -0.267. The number of hydrogen-bond acceptors (Lipinski definition) is 10. The Bertz CT molecular complexity index is 1150. The summed E-state index contributed by atoms with van der Waals surface area (Å²) in [7, 11) is 0. The topological polar surface area (TPSA) is 74.3 Å². The second kappa shape index (κ2) is 18.1. The maximum atomic E-state index is 6.27. The van der Waals surface area contributed by atoms with Gasteiger partial charge in [-0.05, 0) is 144 Å². The molecule has 0 aromatic carbocycles. The first-order chi connectivity index (χ1) is 25.8. The van der Waals surface area contributed by atoms with Gasteiger partial charge in [0.2, 0.25) is 0 Å². The summed E-state index contributed by atoms with van der Waals surface area (Å²) in [6, 6.07) is 0. The third-order valence-electron chi connectivity index (χ3n) is 13.3. The molecule has 0 aromatic rings. The number of rotatable bonds is 24. The lowest BCUT2D eigenvalue weighted by Crippen LogP contribution is -2.66. The molecule has 10 heteroatoms. The highest BCUT2D eigenvalue weighted by Gasteiger charge is 2.67. The third-order valence-corrected chi connectivity index (χ3v) is 13.3. The Kier molecular flexibility index (Phi) is 14.5. The molecule has 55 heavy (non-hydrogen) atoms. The summed E-state index contributed by atoms with van der Waals surface area (Å²) in [6.07, 6.45) is 13.3. The molecular formula is C45H83N3O7. The predicted molar refractivity (Wildman–Crippen MR) is 219 cm³/mol. The van der Waals surface area contributed by atoms with E-state index >= 15 is 0 Å². The van der Waals surface area contributed by atoms with E-state index in [-0.39, 0.29) is 22.3 Å². The van der Waals surface area contributed by atoms with Crippen molar-refractivity contribution in [2.24, 2.45) is 10.8 Å². The van der Waals surface area contributed by atoms with Gasteiger partial charge >= 0.3 is 0 Å². The van der Waals surface area contributed by atoms with E-state index in [1.54, 1.807) is 0 Å². The van der Waals surface area contributed by atoms with Crippen LogP contribution in [0, 0.1) is 10.8 Å². The van der Waals surface area contributed by atoms with Gasteiger partial charge in [-0.1, -0.05) is 0 Å². The van der Waals surface area contributed by atoms with Crippen LogP contribution in [0.5, 0.6) is 0 Å². The van der Waals surface area contributed by atoms with Crippen molar-refractivity contribution in [1.82, 2.24) is 14.7 Å². The SMILES string of the molecule is CC(C)(C)OC1CCN(CCCOCCCOC2CN(C(C)(C)CC(C)(C)N3CC(OCCOCC45CC(COC6CC(OC(C)(C)C)C6)(C4)C5)C3)C2)CC1. The molecule has 0 spiro atoms. The van der Waals surface area contributed by atoms with Crippen LogP contribution in [0.4, 0.5) is 0 Å². The first-order valence-electron chi connectivity index (χ1n) is 22.4. The predicted octanol–water partition coefficient (Wildman–Crippen LogP) is 6.96. The second-order valence-electron chi connectivity index (χ2n) is 22.0. The molecule has 0 N–H and O–H groups in total. The molecule has 0 aromatic heterocycles.